The second-order valence-corrected chi connectivity index (χ2v) is 7.49. The molecule has 1 fully saturated rings. The molecule has 1 aliphatic rings. The van der Waals surface area contributed by atoms with Crippen molar-refractivity contribution in [3.63, 3.8) is 0 Å². The summed E-state index contributed by atoms with van der Waals surface area (Å²) < 4.78 is 0. The smallest absolute Gasteiger partial charge is 0.0383 e. The van der Waals surface area contributed by atoms with Crippen molar-refractivity contribution in [1.29, 1.82) is 0 Å². The van der Waals surface area contributed by atoms with Gasteiger partial charge in [-0.1, -0.05) is 60.3 Å². The van der Waals surface area contributed by atoms with Crippen molar-refractivity contribution in [3.05, 3.63) is 0 Å². The molecule has 0 aliphatic heterocycles. The summed E-state index contributed by atoms with van der Waals surface area (Å²) in [7, 11) is 0. The molecule has 19 heavy (non-hydrogen) atoms. The van der Waals surface area contributed by atoms with Crippen LogP contribution in [0.5, 0.6) is 0 Å². The third kappa shape index (κ3) is 6.82. The van der Waals surface area contributed by atoms with Crippen molar-refractivity contribution in [2.75, 3.05) is 0 Å². The second kappa shape index (κ2) is 9.03. The number of rotatable bonds is 11. The molecule has 0 heteroatoms. The fourth-order valence-electron chi connectivity index (χ4n) is 4.07. The van der Waals surface area contributed by atoms with Gasteiger partial charge in [-0.2, -0.15) is 0 Å². The van der Waals surface area contributed by atoms with Gasteiger partial charge in [-0.25, -0.2) is 0 Å². The van der Waals surface area contributed by atoms with Gasteiger partial charge in [0.1, 0.15) is 0 Å². The van der Waals surface area contributed by atoms with Crippen LogP contribution in [0.1, 0.15) is 92.4 Å². The summed E-state index contributed by atoms with van der Waals surface area (Å²) >= 11 is 0. The van der Waals surface area contributed by atoms with E-state index in [2.05, 4.69) is 34.6 Å². The van der Waals surface area contributed by atoms with Gasteiger partial charge in [0.05, 0.1) is 0 Å². The number of hydrogen-bond donors (Lipinski definition) is 0. The van der Waals surface area contributed by atoms with E-state index in [0.717, 1.165) is 29.6 Å². The lowest BCUT2D eigenvalue weighted by molar-refractivity contribution is 0.268. The maximum Gasteiger partial charge on any atom is -0.0383 e. The predicted octanol–water partition coefficient (Wildman–Crippen LogP) is 6.69. The molecule has 0 radical (unpaired) electrons. The van der Waals surface area contributed by atoms with Gasteiger partial charge in [0, 0.05) is 0 Å². The summed E-state index contributed by atoms with van der Waals surface area (Å²) in [6, 6.07) is 0. The van der Waals surface area contributed by atoms with Crippen LogP contribution in [0.2, 0.25) is 0 Å². The summed E-state index contributed by atoms with van der Waals surface area (Å²) in [5.41, 5.74) is 0. The average Bonchev–Trinajstić information content (AvgIpc) is 3.19. The molecule has 0 heterocycles. The van der Waals surface area contributed by atoms with Crippen LogP contribution >= 0.6 is 0 Å². The maximum absolute atomic E-state index is 2.51. The molecule has 0 aromatic carbocycles. The molecular weight excluding hydrogens is 228 g/mol. The Morgan fingerprint density at radius 2 is 1.42 bits per heavy atom. The van der Waals surface area contributed by atoms with E-state index < -0.39 is 0 Å². The van der Waals surface area contributed by atoms with Crippen LogP contribution in [0.25, 0.3) is 0 Å². The van der Waals surface area contributed by atoms with E-state index in [1.165, 1.54) is 57.8 Å². The molecule has 0 nitrogen and oxygen atoms in total. The Balaban J connectivity index is 2.26. The minimum Gasteiger partial charge on any atom is -0.0654 e. The summed E-state index contributed by atoms with van der Waals surface area (Å²) in [6.45, 7) is 12.1. The summed E-state index contributed by atoms with van der Waals surface area (Å²) in [6.07, 6.45) is 13.1. The van der Waals surface area contributed by atoms with Crippen LogP contribution < -0.4 is 0 Å². The Morgan fingerprint density at radius 1 is 0.842 bits per heavy atom. The van der Waals surface area contributed by atoms with Crippen molar-refractivity contribution in [3.8, 4) is 0 Å². The minimum absolute atomic E-state index is 0.932. The molecule has 0 saturated heterocycles. The van der Waals surface area contributed by atoms with Crippen molar-refractivity contribution >= 4 is 0 Å². The van der Waals surface area contributed by atoms with Crippen LogP contribution in [0.15, 0.2) is 0 Å². The zero-order chi connectivity index (χ0) is 14.3. The molecule has 1 aliphatic carbocycles. The minimum atomic E-state index is 0.932. The van der Waals surface area contributed by atoms with E-state index in [1.54, 1.807) is 0 Å². The van der Waals surface area contributed by atoms with E-state index >= 15 is 0 Å². The van der Waals surface area contributed by atoms with E-state index in [-0.39, 0.29) is 0 Å². The van der Waals surface area contributed by atoms with Crippen LogP contribution in [-0.2, 0) is 0 Å². The monoisotopic (exact) mass is 266 g/mol. The van der Waals surface area contributed by atoms with Gasteiger partial charge in [-0.15, -0.1) is 0 Å². The first-order valence-corrected chi connectivity index (χ1v) is 9.10. The normalized spacial score (nSPS) is 20.5. The quantitative estimate of drug-likeness (QED) is 0.391. The van der Waals surface area contributed by atoms with Crippen molar-refractivity contribution < 1.29 is 0 Å². The van der Waals surface area contributed by atoms with E-state index in [0.29, 0.717) is 0 Å². The third-order valence-corrected chi connectivity index (χ3v) is 5.35. The first kappa shape index (κ1) is 17.1. The Labute approximate surface area is 122 Å². The van der Waals surface area contributed by atoms with E-state index in [1.807, 2.05) is 0 Å². The van der Waals surface area contributed by atoms with Crippen LogP contribution in [-0.4, -0.2) is 0 Å². The highest BCUT2D eigenvalue weighted by atomic mass is 14.4. The zero-order valence-electron chi connectivity index (χ0n) is 14.3. The molecule has 0 amide bonds. The summed E-state index contributed by atoms with van der Waals surface area (Å²) in [5.74, 6) is 5.01. The molecule has 1 rings (SSSR count). The van der Waals surface area contributed by atoms with Gasteiger partial charge in [0.15, 0.2) is 0 Å². The van der Waals surface area contributed by atoms with Crippen molar-refractivity contribution in [2.24, 2.45) is 29.6 Å². The van der Waals surface area contributed by atoms with E-state index in [4.69, 9.17) is 0 Å². The van der Waals surface area contributed by atoms with E-state index in [9.17, 15) is 0 Å². The number of hydrogen-bond acceptors (Lipinski definition) is 0. The molecule has 0 N–H and O–H groups in total. The predicted molar refractivity (Wildman–Crippen MR) is 87.4 cm³/mol. The molecule has 3 unspecified atom stereocenters. The molecule has 0 aromatic rings. The van der Waals surface area contributed by atoms with Crippen molar-refractivity contribution in [1.82, 2.24) is 0 Å². The highest BCUT2D eigenvalue weighted by molar-refractivity contribution is 4.82. The Hall–Kier alpha value is 0. The lowest BCUT2D eigenvalue weighted by Crippen LogP contribution is -2.13. The van der Waals surface area contributed by atoms with Crippen molar-refractivity contribution in [2.45, 2.75) is 92.4 Å². The van der Waals surface area contributed by atoms with Crippen LogP contribution in [0.4, 0.5) is 0 Å². The van der Waals surface area contributed by atoms with Crippen LogP contribution in [0.3, 0.4) is 0 Å². The highest BCUT2D eigenvalue weighted by Crippen LogP contribution is 2.43. The second-order valence-electron chi connectivity index (χ2n) is 7.49. The molecule has 1 saturated carbocycles. The highest BCUT2D eigenvalue weighted by Gasteiger charge is 2.31. The van der Waals surface area contributed by atoms with Gasteiger partial charge in [-0.3, -0.25) is 0 Å². The topological polar surface area (TPSA) is 0 Å². The Morgan fingerprint density at radius 3 is 1.89 bits per heavy atom. The average molecular weight is 267 g/mol. The maximum atomic E-state index is 2.51. The molecule has 3 atom stereocenters. The van der Waals surface area contributed by atoms with Gasteiger partial charge in [-0.05, 0) is 61.7 Å². The third-order valence-electron chi connectivity index (χ3n) is 5.35. The fourth-order valence-corrected chi connectivity index (χ4v) is 4.07. The largest absolute Gasteiger partial charge is 0.0654 e. The summed E-state index contributed by atoms with van der Waals surface area (Å²) in [5, 5.41) is 0. The summed E-state index contributed by atoms with van der Waals surface area (Å²) in [4.78, 5) is 0. The molecule has 0 bridgehead atoms. The van der Waals surface area contributed by atoms with Gasteiger partial charge in [0.2, 0.25) is 0 Å². The standard InChI is InChI=1S/C19H38/c1-6-9-19(18-10-11-18)14-16(5)12-15(4)13-17(7-2)8-3/h15-19H,6-14H2,1-5H3. The van der Waals surface area contributed by atoms with Gasteiger partial charge in [0.25, 0.3) is 0 Å². The fraction of sp³-hybridized carbons (Fsp3) is 1.00. The molecule has 0 spiro atoms. The van der Waals surface area contributed by atoms with Gasteiger partial charge < -0.3 is 0 Å². The zero-order valence-corrected chi connectivity index (χ0v) is 14.3. The Bertz CT molecular complexity index is 212. The Kier molecular flexibility index (Phi) is 8.11. The van der Waals surface area contributed by atoms with Crippen LogP contribution in [0, 0.1) is 29.6 Å². The SMILES string of the molecule is CCCC(CC(C)CC(C)CC(CC)CC)C1CC1. The lowest BCUT2D eigenvalue weighted by Gasteiger charge is -2.25. The lowest BCUT2D eigenvalue weighted by atomic mass is 9.81. The first-order valence-electron chi connectivity index (χ1n) is 9.10. The first-order chi connectivity index (χ1) is 9.10. The molecular formula is C19H38. The molecule has 0 aromatic heterocycles. The molecule has 114 valence electrons. The van der Waals surface area contributed by atoms with Gasteiger partial charge >= 0.3 is 0 Å².